The van der Waals surface area contributed by atoms with Crippen LogP contribution < -0.4 is 0 Å². The van der Waals surface area contributed by atoms with Crippen LogP contribution in [0.3, 0.4) is 0 Å². The minimum Gasteiger partial charge on any atom is -0.394 e. The van der Waals surface area contributed by atoms with E-state index >= 15 is 0 Å². The number of hydrogen-bond donors (Lipinski definition) is 2. The van der Waals surface area contributed by atoms with Gasteiger partial charge >= 0.3 is 0 Å². The van der Waals surface area contributed by atoms with Crippen molar-refractivity contribution in [3.05, 3.63) is 0 Å². The molecule has 0 aliphatic carbocycles. The van der Waals surface area contributed by atoms with Gasteiger partial charge < -0.3 is 19.8 Å². The van der Waals surface area contributed by atoms with Crippen LogP contribution in [0.25, 0.3) is 0 Å². The highest BCUT2D eigenvalue weighted by Crippen LogP contribution is 2.02. The van der Waals surface area contributed by atoms with Gasteiger partial charge in [0.05, 0.1) is 26.4 Å². The number of aliphatic hydroxyl groups excluding tert-OH is 2. The molecule has 0 amide bonds. The Balaban J connectivity index is 0. The Morgan fingerprint density at radius 1 is 0.889 bits per heavy atom. The second-order valence-electron chi connectivity index (χ2n) is 5.20. The van der Waals surface area contributed by atoms with Crippen molar-refractivity contribution >= 4 is 0 Å². The van der Waals surface area contributed by atoms with Crippen LogP contribution in [0.5, 0.6) is 0 Å². The summed E-state index contributed by atoms with van der Waals surface area (Å²) in [6.45, 7) is 15.7. The quantitative estimate of drug-likeness (QED) is 0.621. The standard InChI is InChI=1S/C10H23N.C4H10O3/c1-6-11(7-9(2)3)8-10(4)5;5-1-3-7-4-2-6/h9-10H,6-8H2,1-5H3;5-6H,1-4H2. The summed E-state index contributed by atoms with van der Waals surface area (Å²) < 4.78 is 4.63. The Hall–Kier alpha value is -0.160. The average Bonchev–Trinajstić information content (AvgIpc) is 2.28. The van der Waals surface area contributed by atoms with E-state index in [1.165, 1.54) is 19.6 Å². The molecule has 4 nitrogen and oxygen atoms in total. The van der Waals surface area contributed by atoms with Crippen molar-refractivity contribution < 1.29 is 14.9 Å². The molecule has 0 fully saturated rings. The summed E-state index contributed by atoms with van der Waals surface area (Å²) in [5.74, 6) is 1.60. The minimum absolute atomic E-state index is 0.0278. The molecule has 0 unspecified atom stereocenters. The summed E-state index contributed by atoms with van der Waals surface area (Å²) in [4.78, 5) is 2.52. The van der Waals surface area contributed by atoms with Crippen molar-refractivity contribution in [1.29, 1.82) is 0 Å². The molecule has 0 atom stereocenters. The summed E-state index contributed by atoms with van der Waals surface area (Å²) in [6, 6.07) is 0. The second-order valence-corrected chi connectivity index (χ2v) is 5.20. The van der Waals surface area contributed by atoms with Gasteiger partial charge in [0, 0.05) is 13.1 Å². The highest BCUT2D eigenvalue weighted by atomic mass is 16.5. The van der Waals surface area contributed by atoms with E-state index in [0.717, 1.165) is 11.8 Å². The Kier molecular flexibility index (Phi) is 16.7. The van der Waals surface area contributed by atoms with Crippen LogP contribution in [0.2, 0.25) is 0 Å². The van der Waals surface area contributed by atoms with Crippen molar-refractivity contribution in [2.45, 2.75) is 34.6 Å². The first kappa shape index (κ1) is 20.2. The van der Waals surface area contributed by atoms with Crippen LogP contribution in [0.1, 0.15) is 34.6 Å². The highest BCUT2D eigenvalue weighted by Gasteiger charge is 2.05. The summed E-state index contributed by atoms with van der Waals surface area (Å²) >= 11 is 0. The molecule has 0 spiro atoms. The highest BCUT2D eigenvalue weighted by molar-refractivity contribution is 4.59. The predicted molar refractivity (Wildman–Crippen MR) is 76.8 cm³/mol. The van der Waals surface area contributed by atoms with Gasteiger partial charge in [0.25, 0.3) is 0 Å². The van der Waals surface area contributed by atoms with E-state index in [9.17, 15) is 0 Å². The van der Waals surface area contributed by atoms with Gasteiger partial charge in [-0.2, -0.15) is 0 Å². The molecule has 0 bridgehead atoms. The van der Waals surface area contributed by atoms with Gasteiger partial charge in [-0.1, -0.05) is 34.6 Å². The van der Waals surface area contributed by atoms with E-state index in [1.54, 1.807) is 0 Å². The largest absolute Gasteiger partial charge is 0.394 e. The van der Waals surface area contributed by atoms with E-state index < -0.39 is 0 Å². The van der Waals surface area contributed by atoms with Crippen molar-refractivity contribution in [1.82, 2.24) is 4.90 Å². The fourth-order valence-corrected chi connectivity index (χ4v) is 1.60. The number of rotatable bonds is 9. The van der Waals surface area contributed by atoms with Gasteiger partial charge in [-0.05, 0) is 18.4 Å². The maximum absolute atomic E-state index is 8.09. The average molecular weight is 263 g/mol. The number of ether oxygens (including phenoxy) is 1. The first-order valence-corrected chi connectivity index (χ1v) is 6.99. The van der Waals surface area contributed by atoms with Crippen molar-refractivity contribution in [3.8, 4) is 0 Å². The van der Waals surface area contributed by atoms with Gasteiger partial charge in [-0.3, -0.25) is 0 Å². The fraction of sp³-hybridized carbons (Fsp3) is 1.00. The van der Waals surface area contributed by atoms with Crippen molar-refractivity contribution in [3.63, 3.8) is 0 Å². The fourth-order valence-electron chi connectivity index (χ4n) is 1.60. The molecule has 0 heterocycles. The zero-order chi connectivity index (χ0) is 14.4. The van der Waals surface area contributed by atoms with Gasteiger partial charge in [-0.25, -0.2) is 0 Å². The summed E-state index contributed by atoms with van der Waals surface area (Å²) in [5.41, 5.74) is 0. The molecular formula is C14H33NO3. The van der Waals surface area contributed by atoms with Crippen LogP contribution in [-0.4, -0.2) is 61.2 Å². The third kappa shape index (κ3) is 18.2. The van der Waals surface area contributed by atoms with E-state index in [0.29, 0.717) is 13.2 Å². The number of hydrogen-bond acceptors (Lipinski definition) is 4. The second kappa shape index (κ2) is 14.9. The van der Waals surface area contributed by atoms with Gasteiger partial charge in [0.15, 0.2) is 0 Å². The molecule has 0 aromatic heterocycles. The lowest BCUT2D eigenvalue weighted by Crippen LogP contribution is -2.30. The first-order chi connectivity index (χ1) is 8.47. The maximum Gasteiger partial charge on any atom is 0.0698 e. The Morgan fingerprint density at radius 3 is 1.50 bits per heavy atom. The maximum atomic E-state index is 8.09. The zero-order valence-electron chi connectivity index (χ0n) is 12.9. The third-order valence-corrected chi connectivity index (χ3v) is 2.17. The molecule has 0 aliphatic rings. The van der Waals surface area contributed by atoms with Crippen LogP contribution in [0, 0.1) is 11.8 Å². The lowest BCUT2D eigenvalue weighted by atomic mass is 10.1. The molecule has 4 heteroatoms. The molecule has 112 valence electrons. The molecular weight excluding hydrogens is 230 g/mol. The lowest BCUT2D eigenvalue weighted by Gasteiger charge is -2.24. The Labute approximate surface area is 113 Å². The van der Waals surface area contributed by atoms with Crippen LogP contribution in [-0.2, 0) is 4.74 Å². The third-order valence-electron chi connectivity index (χ3n) is 2.17. The first-order valence-electron chi connectivity index (χ1n) is 6.99. The smallest absolute Gasteiger partial charge is 0.0698 e. The van der Waals surface area contributed by atoms with Crippen LogP contribution in [0.15, 0.2) is 0 Å². The molecule has 0 radical (unpaired) electrons. The van der Waals surface area contributed by atoms with E-state index in [1.807, 2.05) is 0 Å². The van der Waals surface area contributed by atoms with E-state index in [4.69, 9.17) is 10.2 Å². The van der Waals surface area contributed by atoms with Gasteiger partial charge in [0.2, 0.25) is 0 Å². The molecule has 0 saturated heterocycles. The van der Waals surface area contributed by atoms with E-state index in [-0.39, 0.29) is 13.2 Å². The summed E-state index contributed by atoms with van der Waals surface area (Å²) in [6.07, 6.45) is 0. The molecule has 0 aliphatic heterocycles. The normalized spacial score (nSPS) is 11.0. The molecule has 2 N–H and O–H groups in total. The van der Waals surface area contributed by atoms with E-state index in [2.05, 4.69) is 44.3 Å². The molecule has 0 saturated carbocycles. The number of nitrogens with zero attached hydrogens (tertiary/aromatic N) is 1. The summed E-state index contributed by atoms with van der Waals surface area (Å²) in [7, 11) is 0. The molecule has 0 rings (SSSR count). The lowest BCUT2D eigenvalue weighted by molar-refractivity contribution is 0.0650. The van der Waals surface area contributed by atoms with Gasteiger partial charge in [0.1, 0.15) is 0 Å². The zero-order valence-corrected chi connectivity index (χ0v) is 12.9. The number of aliphatic hydroxyl groups is 2. The van der Waals surface area contributed by atoms with Crippen molar-refractivity contribution in [2.75, 3.05) is 46.1 Å². The predicted octanol–water partition coefficient (Wildman–Crippen LogP) is 1.61. The van der Waals surface area contributed by atoms with Crippen LogP contribution >= 0.6 is 0 Å². The minimum atomic E-state index is 0.0278. The molecule has 0 aromatic carbocycles. The topological polar surface area (TPSA) is 52.9 Å². The molecule has 0 aromatic rings. The Bertz CT molecular complexity index is 138. The monoisotopic (exact) mass is 263 g/mol. The summed E-state index contributed by atoms with van der Waals surface area (Å²) in [5, 5.41) is 16.2. The van der Waals surface area contributed by atoms with Gasteiger partial charge in [-0.15, -0.1) is 0 Å². The molecule has 18 heavy (non-hydrogen) atoms. The Morgan fingerprint density at radius 2 is 1.28 bits per heavy atom. The SMILES string of the molecule is CCN(CC(C)C)CC(C)C.OCCOCCO. The van der Waals surface area contributed by atoms with Crippen LogP contribution in [0.4, 0.5) is 0 Å². The van der Waals surface area contributed by atoms with Crippen molar-refractivity contribution in [2.24, 2.45) is 11.8 Å².